The van der Waals surface area contributed by atoms with Gasteiger partial charge in [-0.05, 0) is 51.1 Å². The molecule has 0 aliphatic carbocycles. The van der Waals surface area contributed by atoms with Gasteiger partial charge in [0.05, 0.1) is 4.90 Å². The number of hydrogen-bond donors (Lipinski definition) is 2. The molecule has 0 aliphatic heterocycles. The van der Waals surface area contributed by atoms with E-state index in [1.807, 2.05) is 6.07 Å². The summed E-state index contributed by atoms with van der Waals surface area (Å²) in [6, 6.07) is 14.9. The molecule has 2 aromatic rings. The Morgan fingerprint density at radius 1 is 0.957 bits per heavy atom. The summed E-state index contributed by atoms with van der Waals surface area (Å²) in [5.74, 6) is -0.288. The van der Waals surface area contributed by atoms with E-state index in [4.69, 9.17) is 0 Å². The molecule has 0 saturated heterocycles. The van der Waals surface area contributed by atoms with Gasteiger partial charge in [0.1, 0.15) is 0 Å². The second-order valence-corrected chi connectivity index (χ2v) is 7.89. The predicted octanol–water partition coefficient (Wildman–Crippen LogP) is 3.02. The smallest absolute Gasteiger partial charge is 0.255 e. The summed E-state index contributed by atoms with van der Waals surface area (Å²) >= 11 is 0. The third-order valence-electron chi connectivity index (χ3n) is 2.88. The van der Waals surface area contributed by atoms with Crippen LogP contribution in [-0.4, -0.2) is 19.9 Å². The molecular weight excluding hydrogens is 312 g/mol. The van der Waals surface area contributed by atoms with Crippen LogP contribution in [0, 0.1) is 0 Å². The van der Waals surface area contributed by atoms with Crippen molar-refractivity contribution in [2.24, 2.45) is 0 Å². The lowest BCUT2D eigenvalue weighted by Crippen LogP contribution is -2.40. The Balaban J connectivity index is 2.22. The van der Waals surface area contributed by atoms with Gasteiger partial charge in [-0.2, -0.15) is 0 Å². The minimum absolute atomic E-state index is 0.110. The van der Waals surface area contributed by atoms with Gasteiger partial charge < -0.3 is 5.32 Å². The van der Waals surface area contributed by atoms with Crippen LogP contribution in [0.5, 0.6) is 0 Å². The summed E-state index contributed by atoms with van der Waals surface area (Å²) in [5.41, 5.74) is 0.353. The Labute approximate surface area is 136 Å². The first kappa shape index (κ1) is 17.2. The van der Waals surface area contributed by atoms with Crippen molar-refractivity contribution >= 4 is 21.6 Å². The summed E-state index contributed by atoms with van der Waals surface area (Å²) in [6.07, 6.45) is 0. The monoisotopic (exact) mass is 332 g/mol. The van der Waals surface area contributed by atoms with Gasteiger partial charge in [0.2, 0.25) is 10.0 Å². The molecule has 0 bridgehead atoms. The molecule has 0 spiro atoms. The Kier molecular flexibility index (Phi) is 4.87. The fourth-order valence-corrected chi connectivity index (χ4v) is 3.46. The van der Waals surface area contributed by atoms with Gasteiger partial charge in [-0.15, -0.1) is 0 Å². The fraction of sp³-hybridized carbons (Fsp3) is 0.235. The number of rotatable bonds is 4. The van der Waals surface area contributed by atoms with E-state index >= 15 is 0 Å². The molecule has 0 saturated carbocycles. The van der Waals surface area contributed by atoms with Crippen LogP contribution in [0.3, 0.4) is 0 Å². The van der Waals surface area contributed by atoms with E-state index in [-0.39, 0.29) is 10.8 Å². The molecule has 0 fully saturated rings. The highest BCUT2D eigenvalue weighted by molar-refractivity contribution is 7.89. The van der Waals surface area contributed by atoms with Crippen molar-refractivity contribution in [2.45, 2.75) is 31.2 Å². The van der Waals surface area contributed by atoms with Crippen LogP contribution in [0.4, 0.5) is 5.69 Å². The average molecular weight is 332 g/mol. The third kappa shape index (κ3) is 4.91. The quantitative estimate of drug-likeness (QED) is 0.904. The minimum Gasteiger partial charge on any atom is -0.322 e. The molecule has 2 aromatic carbocycles. The summed E-state index contributed by atoms with van der Waals surface area (Å²) in [5, 5.41) is 2.70. The van der Waals surface area contributed by atoms with Gasteiger partial charge in [0.15, 0.2) is 0 Å². The summed E-state index contributed by atoms with van der Waals surface area (Å²) in [4.78, 5) is 12.2. The van der Waals surface area contributed by atoms with E-state index < -0.39 is 15.6 Å². The normalized spacial score (nSPS) is 12.0. The van der Waals surface area contributed by atoms with Crippen LogP contribution in [0.1, 0.15) is 31.1 Å². The Morgan fingerprint density at radius 3 is 2.22 bits per heavy atom. The number of sulfonamides is 1. The van der Waals surface area contributed by atoms with Crippen molar-refractivity contribution in [3.8, 4) is 0 Å². The van der Waals surface area contributed by atoms with E-state index in [1.54, 1.807) is 57.2 Å². The molecule has 0 radical (unpaired) electrons. The largest absolute Gasteiger partial charge is 0.322 e. The van der Waals surface area contributed by atoms with Crippen LogP contribution in [0.15, 0.2) is 59.5 Å². The number of hydrogen-bond acceptors (Lipinski definition) is 3. The van der Waals surface area contributed by atoms with E-state index in [2.05, 4.69) is 10.0 Å². The molecule has 5 nitrogen and oxygen atoms in total. The van der Waals surface area contributed by atoms with Crippen molar-refractivity contribution in [1.82, 2.24) is 4.72 Å². The number of benzene rings is 2. The molecule has 0 unspecified atom stereocenters. The molecule has 0 aliphatic rings. The molecule has 1 amide bonds. The SMILES string of the molecule is CC(C)(C)NS(=O)(=O)c1cccc(NC(=O)c2ccccc2)c1. The van der Waals surface area contributed by atoms with Gasteiger partial charge in [0.25, 0.3) is 5.91 Å². The van der Waals surface area contributed by atoms with Crippen LogP contribution in [-0.2, 0) is 10.0 Å². The van der Waals surface area contributed by atoms with Crippen LogP contribution >= 0.6 is 0 Å². The second-order valence-electron chi connectivity index (χ2n) is 6.20. The van der Waals surface area contributed by atoms with Gasteiger partial charge in [-0.25, -0.2) is 13.1 Å². The zero-order valence-electron chi connectivity index (χ0n) is 13.3. The van der Waals surface area contributed by atoms with Crippen LogP contribution in [0.2, 0.25) is 0 Å². The zero-order valence-corrected chi connectivity index (χ0v) is 14.1. The molecule has 0 heterocycles. The highest BCUT2D eigenvalue weighted by Gasteiger charge is 2.22. The van der Waals surface area contributed by atoms with Gasteiger partial charge >= 0.3 is 0 Å². The lowest BCUT2D eigenvalue weighted by atomic mass is 10.1. The lowest BCUT2D eigenvalue weighted by Gasteiger charge is -2.20. The molecule has 122 valence electrons. The Bertz CT molecular complexity index is 794. The number of anilines is 1. The third-order valence-corrected chi connectivity index (χ3v) is 4.63. The Hall–Kier alpha value is -2.18. The highest BCUT2D eigenvalue weighted by Crippen LogP contribution is 2.18. The fourth-order valence-electron chi connectivity index (χ4n) is 2.00. The Morgan fingerprint density at radius 2 is 1.61 bits per heavy atom. The van der Waals surface area contributed by atoms with Crippen molar-refractivity contribution in [3.05, 3.63) is 60.2 Å². The molecule has 2 N–H and O–H groups in total. The standard InChI is InChI=1S/C17H20N2O3S/c1-17(2,3)19-23(21,22)15-11-7-10-14(12-15)18-16(20)13-8-5-4-6-9-13/h4-12,19H,1-3H3,(H,18,20). The molecule has 0 aromatic heterocycles. The van der Waals surface area contributed by atoms with Crippen LogP contribution in [0.25, 0.3) is 0 Å². The number of carbonyl (C=O) groups is 1. The molecule has 6 heteroatoms. The predicted molar refractivity (Wildman–Crippen MR) is 90.9 cm³/mol. The van der Waals surface area contributed by atoms with Gasteiger partial charge in [-0.3, -0.25) is 4.79 Å². The van der Waals surface area contributed by atoms with Crippen LogP contribution < -0.4 is 10.0 Å². The van der Waals surface area contributed by atoms with E-state index in [9.17, 15) is 13.2 Å². The molecule has 23 heavy (non-hydrogen) atoms. The van der Waals surface area contributed by atoms with Crippen molar-refractivity contribution in [1.29, 1.82) is 0 Å². The minimum atomic E-state index is -3.64. The molecule has 0 atom stereocenters. The average Bonchev–Trinajstić information content (AvgIpc) is 2.46. The van der Waals surface area contributed by atoms with E-state index in [0.717, 1.165) is 0 Å². The molecular formula is C17H20N2O3S. The summed E-state index contributed by atoms with van der Waals surface area (Å²) in [7, 11) is -3.64. The lowest BCUT2D eigenvalue weighted by molar-refractivity contribution is 0.102. The van der Waals surface area contributed by atoms with E-state index in [1.165, 1.54) is 12.1 Å². The summed E-state index contributed by atoms with van der Waals surface area (Å²) in [6.45, 7) is 5.31. The zero-order chi connectivity index (χ0) is 17.1. The van der Waals surface area contributed by atoms with Gasteiger partial charge in [0, 0.05) is 16.8 Å². The second kappa shape index (κ2) is 6.52. The van der Waals surface area contributed by atoms with Gasteiger partial charge in [-0.1, -0.05) is 24.3 Å². The maximum Gasteiger partial charge on any atom is 0.255 e. The topological polar surface area (TPSA) is 75.3 Å². The summed E-state index contributed by atoms with van der Waals surface area (Å²) < 4.78 is 27.2. The van der Waals surface area contributed by atoms with Crippen molar-refractivity contribution < 1.29 is 13.2 Å². The first-order valence-electron chi connectivity index (χ1n) is 7.18. The number of nitrogens with one attached hydrogen (secondary N) is 2. The van der Waals surface area contributed by atoms with E-state index in [0.29, 0.717) is 11.3 Å². The highest BCUT2D eigenvalue weighted by atomic mass is 32.2. The number of amides is 1. The van der Waals surface area contributed by atoms with Crippen molar-refractivity contribution in [2.75, 3.05) is 5.32 Å². The maximum absolute atomic E-state index is 12.3. The molecule has 2 rings (SSSR count). The van der Waals surface area contributed by atoms with Crippen molar-refractivity contribution in [3.63, 3.8) is 0 Å². The first-order chi connectivity index (χ1) is 10.7. The first-order valence-corrected chi connectivity index (χ1v) is 8.66. The maximum atomic E-state index is 12.3. The number of carbonyl (C=O) groups excluding carboxylic acids is 1.